The molecule has 1 aliphatic carbocycles. The van der Waals surface area contributed by atoms with E-state index in [0.717, 1.165) is 51.3 Å². The molecule has 1 saturated carbocycles. The number of H-pyrrole nitrogens is 1. The summed E-state index contributed by atoms with van der Waals surface area (Å²) in [5.74, 6) is 0.950. The molecule has 3 heterocycles. The molecular weight excluding hydrogens is 332 g/mol. The highest BCUT2D eigenvalue weighted by atomic mass is 16.6. The maximum Gasteiger partial charge on any atom is 0.409 e. The van der Waals surface area contributed by atoms with Crippen molar-refractivity contribution in [2.75, 3.05) is 39.9 Å². The number of carbonyl (C=O) groups excluding carboxylic acids is 1. The molecule has 0 aromatic carbocycles. The molecule has 1 spiro atoms. The van der Waals surface area contributed by atoms with Crippen molar-refractivity contribution in [2.45, 2.75) is 50.7 Å². The van der Waals surface area contributed by atoms with Gasteiger partial charge in [0.1, 0.15) is 11.4 Å². The van der Waals surface area contributed by atoms with Crippen LogP contribution in [-0.4, -0.2) is 71.8 Å². The van der Waals surface area contributed by atoms with E-state index >= 15 is 0 Å². The maximum atomic E-state index is 11.9. The number of hydrogen-bond donors (Lipinski definition) is 1. The normalized spacial score (nSPS) is 31.2. The molecular formula is C19H30N4O3. The number of ether oxygens (including phenoxy) is 2. The molecule has 2 saturated heterocycles. The summed E-state index contributed by atoms with van der Waals surface area (Å²) in [5.41, 5.74) is 0.0593. The predicted molar refractivity (Wildman–Crippen MR) is 96.7 cm³/mol. The number of piperidine rings is 1. The van der Waals surface area contributed by atoms with E-state index in [-0.39, 0.29) is 11.7 Å². The monoisotopic (exact) mass is 362 g/mol. The Kier molecular flexibility index (Phi) is 4.69. The van der Waals surface area contributed by atoms with Gasteiger partial charge in [0.2, 0.25) is 0 Å². The molecule has 7 heteroatoms. The molecule has 26 heavy (non-hydrogen) atoms. The predicted octanol–water partition coefficient (Wildman–Crippen LogP) is 2.36. The van der Waals surface area contributed by atoms with Crippen molar-refractivity contribution < 1.29 is 14.3 Å². The minimum Gasteiger partial charge on any atom is -0.450 e. The molecule has 7 nitrogen and oxygen atoms in total. The Morgan fingerprint density at radius 1 is 1.31 bits per heavy atom. The van der Waals surface area contributed by atoms with Crippen LogP contribution in [0.2, 0.25) is 0 Å². The number of methoxy groups -OCH3 is 1. The van der Waals surface area contributed by atoms with Gasteiger partial charge in [-0.1, -0.05) is 0 Å². The number of hydrogen-bond acceptors (Lipinski definition) is 5. The molecule has 0 radical (unpaired) electrons. The average molecular weight is 362 g/mol. The zero-order chi connectivity index (χ0) is 18.2. The van der Waals surface area contributed by atoms with Gasteiger partial charge in [0.25, 0.3) is 0 Å². The summed E-state index contributed by atoms with van der Waals surface area (Å²) in [5, 5.41) is 0. The van der Waals surface area contributed by atoms with Gasteiger partial charge in [-0.05, 0) is 44.4 Å². The first-order valence-electron chi connectivity index (χ1n) is 9.80. The Morgan fingerprint density at radius 2 is 2.08 bits per heavy atom. The number of imidazole rings is 1. The van der Waals surface area contributed by atoms with Gasteiger partial charge >= 0.3 is 6.09 Å². The van der Waals surface area contributed by atoms with Crippen LogP contribution < -0.4 is 0 Å². The molecule has 1 amide bonds. The SMILES string of the molecule is CCOC(=O)N1CCC2(CC(N3CCC(OC)(c4ncc[nH]4)CC3)C2)C1. The smallest absolute Gasteiger partial charge is 0.409 e. The van der Waals surface area contributed by atoms with E-state index in [4.69, 9.17) is 9.47 Å². The van der Waals surface area contributed by atoms with Gasteiger partial charge in [-0.2, -0.15) is 0 Å². The van der Waals surface area contributed by atoms with Crippen LogP contribution in [0.4, 0.5) is 4.79 Å². The molecule has 4 rings (SSSR count). The molecule has 1 aromatic heterocycles. The van der Waals surface area contributed by atoms with Crippen molar-refractivity contribution >= 4 is 6.09 Å². The minimum absolute atomic E-state index is 0.144. The van der Waals surface area contributed by atoms with Crippen molar-refractivity contribution in [2.24, 2.45) is 5.41 Å². The second-order valence-electron chi connectivity index (χ2n) is 8.10. The summed E-state index contributed by atoms with van der Waals surface area (Å²) in [6.07, 6.45) is 8.97. The first-order chi connectivity index (χ1) is 12.6. The van der Waals surface area contributed by atoms with Crippen LogP contribution in [0.15, 0.2) is 12.4 Å². The average Bonchev–Trinajstić information content (AvgIpc) is 3.31. The first-order valence-corrected chi connectivity index (χ1v) is 9.80. The summed E-state index contributed by atoms with van der Waals surface area (Å²) in [7, 11) is 1.79. The third-order valence-corrected chi connectivity index (χ3v) is 6.74. The zero-order valence-corrected chi connectivity index (χ0v) is 15.9. The van der Waals surface area contributed by atoms with E-state index in [0.29, 0.717) is 18.1 Å². The number of nitrogens with zero attached hydrogens (tertiary/aromatic N) is 3. The van der Waals surface area contributed by atoms with Crippen LogP contribution in [0.5, 0.6) is 0 Å². The second-order valence-corrected chi connectivity index (χ2v) is 8.10. The fraction of sp³-hybridized carbons (Fsp3) is 0.789. The Labute approximate surface area is 155 Å². The topological polar surface area (TPSA) is 70.7 Å². The number of amides is 1. The van der Waals surface area contributed by atoms with Crippen molar-refractivity contribution in [3.63, 3.8) is 0 Å². The van der Waals surface area contributed by atoms with Gasteiger partial charge in [0.15, 0.2) is 0 Å². The Balaban J connectivity index is 1.29. The van der Waals surface area contributed by atoms with E-state index in [1.807, 2.05) is 18.0 Å². The molecule has 0 unspecified atom stereocenters. The molecule has 0 atom stereocenters. The number of likely N-dealkylation sites (tertiary alicyclic amines) is 2. The van der Waals surface area contributed by atoms with Crippen molar-refractivity contribution in [1.82, 2.24) is 19.8 Å². The number of carbonyl (C=O) groups is 1. The molecule has 3 aliphatic rings. The molecule has 2 aliphatic heterocycles. The van der Waals surface area contributed by atoms with Crippen LogP contribution >= 0.6 is 0 Å². The van der Waals surface area contributed by atoms with Gasteiger partial charge in [-0.25, -0.2) is 9.78 Å². The largest absolute Gasteiger partial charge is 0.450 e. The molecule has 1 aromatic rings. The van der Waals surface area contributed by atoms with Crippen LogP contribution in [0.3, 0.4) is 0 Å². The molecule has 144 valence electrons. The summed E-state index contributed by atoms with van der Waals surface area (Å²) in [6, 6.07) is 0.642. The number of nitrogens with one attached hydrogen (secondary N) is 1. The van der Waals surface area contributed by atoms with E-state index < -0.39 is 0 Å². The second kappa shape index (κ2) is 6.85. The standard InChI is InChI=1S/C19H30N4O3/c1-3-26-17(24)23-9-4-18(14-23)12-15(13-18)22-10-5-19(25-2,6-11-22)16-20-7-8-21-16/h7-8,15H,3-6,9-14H2,1-2H3,(H,20,21). The third kappa shape index (κ3) is 3.01. The van der Waals surface area contributed by atoms with Crippen molar-refractivity contribution in [1.29, 1.82) is 0 Å². The summed E-state index contributed by atoms with van der Waals surface area (Å²) in [6.45, 7) is 6.10. The lowest BCUT2D eigenvalue weighted by Crippen LogP contribution is -2.56. The lowest BCUT2D eigenvalue weighted by atomic mass is 9.64. The fourth-order valence-electron chi connectivity index (χ4n) is 5.14. The summed E-state index contributed by atoms with van der Waals surface area (Å²) >= 11 is 0. The van der Waals surface area contributed by atoms with Crippen LogP contribution in [0.25, 0.3) is 0 Å². The van der Waals surface area contributed by atoms with E-state index in [1.54, 1.807) is 13.3 Å². The van der Waals surface area contributed by atoms with Crippen molar-refractivity contribution in [3.05, 3.63) is 18.2 Å². The lowest BCUT2D eigenvalue weighted by molar-refractivity contribution is -0.0933. The third-order valence-electron chi connectivity index (χ3n) is 6.74. The van der Waals surface area contributed by atoms with Crippen molar-refractivity contribution in [3.8, 4) is 0 Å². The van der Waals surface area contributed by atoms with Crippen LogP contribution in [0, 0.1) is 5.41 Å². The van der Waals surface area contributed by atoms with Gasteiger partial charge in [-0.15, -0.1) is 0 Å². The van der Waals surface area contributed by atoms with E-state index in [2.05, 4.69) is 14.9 Å². The Hall–Kier alpha value is -1.60. The molecule has 1 N–H and O–H groups in total. The van der Waals surface area contributed by atoms with Gasteiger partial charge in [0, 0.05) is 51.7 Å². The van der Waals surface area contributed by atoms with Gasteiger partial charge in [-0.3, -0.25) is 0 Å². The highest BCUT2D eigenvalue weighted by molar-refractivity contribution is 5.68. The Morgan fingerprint density at radius 3 is 2.69 bits per heavy atom. The maximum absolute atomic E-state index is 11.9. The highest BCUT2D eigenvalue weighted by Crippen LogP contribution is 2.51. The molecule has 0 bridgehead atoms. The van der Waals surface area contributed by atoms with E-state index in [1.165, 1.54) is 12.8 Å². The first kappa shape index (κ1) is 17.8. The summed E-state index contributed by atoms with van der Waals surface area (Å²) in [4.78, 5) is 24.1. The number of aromatic amines is 1. The van der Waals surface area contributed by atoms with Gasteiger partial charge in [0.05, 0.1) is 6.61 Å². The minimum atomic E-state index is -0.268. The fourth-order valence-corrected chi connectivity index (χ4v) is 5.14. The van der Waals surface area contributed by atoms with E-state index in [9.17, 15) is 4.79 Å². The lowest BCUT2D eigenvalue weighted by Gasteiger charge is -2.52. The van der Waals surface area contributed by atoms with Gasteiger partial charge < -0.3 is 24.3 Å². The Bertz CT molecular complexity index is 619. The van der Waals surface area contributed by atoms with Crippen LogP contribution in [0.1, 0.15) is 44.9 Å². The quantitative estimate of drug-likeness (QED) is 0.890. The zero-order valence-electron chi connectivity index (χ0n) is 15.9. The number of aromatic nitrogens is 2. The highest BCUT2D eigenvalue weighted by Gasteiger charge is 2.52. The molecule has 3 fully saturated rings. The summed E-state index contributed by atoms with van der Waals surface area (Å²) < 4.78 is 11.0. The number of rotatable bonds is 4. The van der Waals surface area contributed by atoms with Crippen LogP contribution in [-0.2, 0) is 15.1 Å².